The molecule has 2 nitrogen and oxygen atoms in total. The minimum absolute atomic E-state index is 0.00833. The van der Waals surface area contributed by atoms with Gasteiger partial charge in [-0.2, -0.15) is 0 Å². The van der Waals surface area contributed by atoms with Gasteiger partial charge in [-0.05, 0) is 34.3 Å². The Labute approximate surface area is 113 Å². The number of halogens is 2. The summed E-state index contributed by atoms with van der Waals surface area (Å²) >= 11 is 9.35. The minimum atomic E-state index is -0.00833. The van der Waals surface area contributed by atoms with Crippen molar-refractivity contribution in [2.75, 3.05) is 0 Å². The number of hydrogen-bond acceptors (Lipinski definition) is 2. The standard InChI is InChI=1S/C13H10BrClN2/c14-10-8-16-12(17-11(10)15)13(6-7-13)9-4-2-1-3-5-9/h1-5,8H,6-7H2. The van der Waals surface area contributed by atoms with Gasteiger partial charge in [0.2, 0.25) is 0 Å². The van der Waals surface area contributed by atoms with Crippen molar-refractivity contribution in [3.05, 3.63) is 57.5 Å². The molecule has 0 amide bonds. The van der Waals surface area contributed by atoms with Crippen molar-refractivity contribution in [1.29, 1.82) is 0 Å². The minimum Gasteiger partial charge on any atom is -0.239 e. The van der Waals surface area contributed by atoms with Crippen LogP contribution in [0.2, 0.25) is 5.15 Å². The average molecular weight is 310 g/mol. The molecular weight excluding hydrogens is 300 g/mol. The highest BCUT2D eigenvalue weighted by Gasteiger charge is 2.48. The summed E-state index contributed by atoms with van der Waals surface area (Å²) in [4.78, 5) is 8.80. The molecule has 2 aromatic rings. The SMILES string of the molecule is Clc1nc(C2(c3ccccc3)CC2)ncc1Br. The zero-order valence-corrected chi connectivity index (χ0v) is 11.4. The van der Waals surface area contributed by atoms with E-state index in [1.807, 2.05) is 6.07 Å². The van der Waals surface area contributed by atoms with Crippen molar-refractivity contribution >= 4 is 27.5 Å². The molecule has 0 aliphatic heterocycles. The van der Waals surface area contributed by atoms with Gasteiger partial charge in [-0.1, -0.05) is 41.9 Å². The molecule has 1 saturated carbocycles. The van der Waals surface area contributed by atoms with E-state index in [2.05, 4.69) is 50.2 Å². The van der Waals surface area contributed by atoms with Gasteiger partial charge in [-0.3, -0.25) is 0 Å². The van der Waals surface area contributed by atoms with Gasteiger partial charge in [0.25, 0.3) is 0 Å². The van der Waals surface area contributed by atoms with Crippen molar-refractivity contribution in [1.82, 2.24) is 9.97 Å². The second kappa shape index (κ2) is 4.07. The topological polar surface area (TPSA) is 25.8 Å². The van der Waals surface area contributed by atoms with Gasteiger partial charge in [0.15, 0.2) is 0 Å². The van der Waals surface area contributed by atoms with E-state index in [9.17, 15) is 0 Å². The lowest BCUT2D eigenvalue weighted by Crippen LogP contribution is -2.13. The van der Waals surface area contributed by atoms with Crippen LogP contribution in [-0.4, -0.2) is 9.97 Å². The second-order valence-electron chi connectivity index (χ2n) is 4.28. The number of aromatic nitrogens is 2. The lowest BCUT2D eigenvalue weighted by atomic mass is 9.95. The molecule has 17 heavy (non-hydrogen) atoms. The molecule has 1 fully saturated rings. The zero-order chi connectivity index (χ0) is 11.9. The van der Waals surface area contributed by atoms with Crippen LogP contribution in [0.5, 0.6) is 0 Å². The predicted octanol–water partition coefficient (Wildman–Crippen LogP) is 3.97. The lowest BCUT2D eigenvalue weighted by Gasteiger charge is -2.14. The Morgan fingerprint density at radius 1 is 1.18 bits per heavy atom. The highest BCUT2D eigenvalue weighted by molar-refractivity contribution is 9.10. The molecule has 0 N–H and O–H groups in total. The third-order valence-electron chi connectivity index (χ3n) is 3.21. The fraction of sp³-hybridized carbons (Fsp3) is 0.231. The molecule has 0 spiro atoms. The summed E-state index contributed by atoms with van der Waals surface area (Å²) in [7, 11) is 0. The third kappa shape index (κ3) is 1.87. The Hall–Kier alpha value is -0.930. The van der Waals surface area contributed by atoms with Crippen LogP contribution in [0.25, 0.3) is 0 Å². The summed E-state index contributed by atoms with van der Waals surface area (Å²) in [5.74, 6) is 0.830. The normalized spacial score (nSPS) is 16.8. The van der Waals surface area contributed by atoms with Crippen LogP contribution in [0.1, 0.15) is 24.2 Å². The van der Waals surface area contributed by atoms with E-state index in [4.69, 9.17) is 11.6 Å². The Kier molecular flexibility index (Phi) is 2.68. The van der Waals surface area contributed by atoms with Gasteiger partial charge in [0, 0.05) is 6.20 Å². The number of hydrogen-bond donors (Lipinski definition) is 0. The quantitative estimate of drug-likeness (QED) is 0.784. The fourth-order valence-electron chi connectivity index (χ4n) is 2.10. The molecule has 0 saturated heterocycles. The maximum absolute atomic E-state index is 6.04. The Morgan fingerprint density at radius 2 is 1.88 bits per heavy atom. The van der Waals surface area contributed by atoms with Crippen LogP contribution < -0.4 is 0 Å². The van der Waals surface area contributed by atoms with Crippen LogP contribution in [0.15, 0.2) is 41.0 Å². The number of nitrogens with zero attached hydrogens (tertiary/aromatic N) is 2. The van der Waals surface area contributed by atoms with Crippen LogP contribution in [-0.2, 0) is 5.41 Å². The van der Waals surface area contributed by atoms with Crippen LogP contribution in [0, 0.1) is 0 Å². The van der Waals surface area contributed by atoms with Gasteiger partial charge >= 0.3 is 0 Å². The molecule has 0 atom stereocenters. The summed E-state index contributed by atoms with van der Waals surface area (Å²) < 4.78 is 0.742. The number of benzene rings is 1. The summed E-state index contributed by atoms with van der Waals surface area (Å²) in [5.41, 5.74) is 1.27. The predicted molar refractivity (Wildman–Crippen MR) is 71.2 cm³/mol. The van der Waals surface area contributed by atoms with Gasteiger partial charge < -0.3 is 0 Å². The first-order valence-corrected chi connectivity index (χ1v) is 6.63. The molecule has 1 aliphatic carbocycles. The molecule has 1 aromatic heterocycles. The average Bonchev–Trinajstić information content (AvgIpc) is 3.15. The Morgan fingerprint density at radius 3 is 2.47 bits per heavy atom. The van der Waals surface area contributed by atoms with Gasteiger partial charge in [-0.25, -0.2) is 9.97 Å². The molecule has 3 rings (SSSR count). The summed E-state index contributed by atoms with van der Waals surface area (Å²) in [6.45, 7) is 0. The highest BCUT2D eigenvalue weighted by Crippen LogP contribution is 2.52. The van der Waals surface area contributed by atoms with Crippen molar-refractivity contribution in [2.45, 2.75) is 18.3 Å². The first-order valence-electron chi connectivity index (χ1n) is 5.46. The molecule has 0 radical (unpaired) electrons. The van der Waals surface area contributed by atoms with E-state index in [0.717, 1.165) is 23.1 Å². The van der Waals surface area contributed by atoms with Gasteiger partial charge in [0.1, 0.15) is 11.0 Å². The van der Waals surface area contributed by atoms with E-state index in [1.165, 1.54) is 5.56 Å². The molecule has 4 heteroatoms. The summed E-state index contributed by atoms with van der Waals surface area (Å²) in [5, 5.41) is 0.484. The van der Waals surface area contributed by atoms with Crippen LogP contribution in [0.3, 0.4) is 0 Å². The third-order valence-corrected chi connectivity index (χ3v) is 4.30. The molecule has 0 unspecified atom stereocenters. The summed E-state index contributed by atoms with van der Waals surface area (Å²) in [6.07, 6.45) is 3.91. The molecule has 1 aliphatic rings. The zero-order valence-electron chi connectivity index (χ0n) is 9.03. The van der Waals surface area contributed by atoms with Crippen molar-refractivity contribution in [3.63, 3.8) is 0 Å². The molecule has 1 heterocycles. The van der Waals surface area contributed by atoms with E-state index < -0.39 is 0 Å². The molecular formula is C13H10BrClN2. The van der Waals surface area contributed by atoms with Crippen LogP contribution >= 0.6 is 27.5 Å². The maximum Gasteiger partial charge on any atom is 0.146 e. The number of rotatable bonds is 2. The fourth-order valence-corrected chi connectivity index (χ4v) is 2.42. The Bertz CT molecular complexity index is 553. The largest absolute Gasteiger partial charge is 0.239 e. The summed E-state index contributed by atoms with van der Waals surface area (Å²) in [6, 6.07) is 10.4. The van der Waals surface area contributed by atoms with E-state index in [0.29, 0.717) is 5.15 Å². The highest BCUT2D eigenvalue weighted by atomic mass is 79.9. The molecule has 1 aromatic carbocycles. The molecule has 86 valence electrons. The lowest BCUT2D eigenvalue weighted by molar-refractivity contribution is 0.753. The van der Waals surface area contributed by atoms with E-state index in [1.54, 1.807) is 6.20 Å². The maximum atomic E-state index is 6.04. The van der Waals surface area contributed by atoms with Gasteiger partial charge in [0.05, 0.1) is 9.89 Å². The van der Waals surface area contributed by atoms with Crippen molar-refractivity contribution in [2.24, 2.45) is 0 Å². The van der Waals surface area contributed by atoms with Crippen molar-refractivity contribution in [3.8, 4) is 0 Å². The van der Waals surface area contributed by atoms with Crippen LogP contribution in [0.4, 0.5) is 0 Å². The van der Waals surface area contributed by atoms with E-state index in [-0.39, 0.29) is 5.41 Å². The smallest absolute Gasteiger partial charge is 0.146 e. The second-order valence-corrected chi connectivity index (χ2v) is 5.49. The molecule has 0 bridgehead atoms. The van der Waals surface area contributed by atoms with Crippen molar-refractivity contribution < 1.29 is 0 Å². The first-order chi connectivity index (χ1) is 8.22. The van der Waals surface area contributed by atoms with E-state index >= 15 is 0 Å². The first kappa shape index (κ1) is 11.2. The monoisotopic (exact) mass is 308 g/mol. The Balaban J connectivity index is 2.07. The van der Waals surface area contributed by atoms with Gasteiger partial charge in [-0.15, -0.1) is 0 Å².